The molecule has 58 valence electrons. The number of hydrogen-bond acceptors (Lipinski definition) is 1. The van der Waals surface area contributed by atoms with Crippen LogP contribution in [0.2, 0.25) is 0 Å². The molecule has 0 aromatic carbocycles. The summed E-state index contributed by atoms with van der Waals surface area (Å²) in [6, 6.07) is 0. The van der Waals surface area contributed by atoms with Crippen molar-refractivity contribution in [2.75, 3.05) is 0 Å². The largest absolute Gasteiger partial charge is 0.483 e. The van der Waals surface area contributed by atoms with Gasteiger partial charge in [0.1, 0.15) is 0 Å². The summed E-state index contributed by atoms with van der Waals surface area (Å²) in [6.45, 7) is -0.250. The van der Waals surface area contributed by atoms with Crippen LogP contribution in [0, 0.1) is 0 Å². The fourth-order valence-electron chi connectivity index (χ4n) is 0. The van der Waals surface area contributed by atoms with Crippen LogP contribution in [-0.2, 0) is 31.0 Å². The zero-order valence-electron chi connectivity index (χ0n) is 6.18. The second-order valence-electron chi connectivity index (χ2n) is 2.23. The van der Waals surface area contributed by atoms with E-state index in [2.05, 4.69) is 0 Å². The fraction of sp³-hybridized carbons (Fsp3) is 0.857. The van der Waals surface area contributed by atoms with Gasteiger partial charge in [0.15, 0.2) is 0 Å². The maximum Gasteiger partial charge on any atom is 0.290 e. The van der Waals surface area contributed by atoms with Crippen molar-refractivity contribution in [3.8, 4) is 0 Å². The molecule has 0 atom stereocenters. The van der Waals surface area contributed by atoms with Crippen LogP contribution in [0.3, 0.4) is 0 Å². The zero-order chi connectivity index (χ0) is 6.95. The van der Waals surface area contributed by atoms with E-state index >= 15 is 0 Å². The van der Waals surface area contributed by atoms with E-state index in [9.17, 15) is 0 Å². The molecule has 0 bridgehead atoms. The summed E-state index contributed by atoms with van der Waals surface area (Å²) >= 11 is 0. The van der Waals surface area contributed by atoms with Gasteiger partial charge >= 0.3 is 0 Å². The molecule has 2 rings (SSSR count). The standard InChI is InChI=1S/2C3H6.CH2O2.Zr/c2*1-2-3-1;2-1-3;/h2*1-3H2;1H,(H,2,3);. The molecule has 0 amide bonds. The first-order valence-corrected chi connectivity index (χ1v) is 3.49. The van der Waals surface area contributed by atoms with E-state index in [4.69, 9.17) is 9.90 Å². The summed E-state index contributed by atoms with van der Waals surface area (Å²) in [7, 11) is 0. The third kappa shape index (κ3) is 81.6. The van der Waals surface area contributed by atoms with Gasteiger partial charge in [-0.1, -0.05) is 38.5 Å². The van der Waals surface area contributed by atoms with Gasteiger partial charge < -0.3 is 5.11 Å². The second-order valence-corrected chi connectivity index (χ2v) is 2.23. The van der Waals surface area contributed by atoms with Crippen molar-refractivity contribution in [3.63, 3.8) is 0 Å². The topological polar surface area (TPSA) is 37.3 Å². The summed E-state index contributed by atoms with van der Waals surface area (Å²) in [4.78, 5) is 8.36. The van der Waals surface area contributed by atoms with Gasteiger partial charge in [-0.2, -0.15) is 0 Å². The minimum absolute atomic E-state index is 0. The predicted octanol–water partition coefficient (Wildman–Crippen LogP) is 2.04. The predicted molar refractivity (Wildman–Crippen MR) is 36.4 cm³/mol. The third-order valence-electron chi connectivity index (χ3n) is 0.707. The van der Waals surface area contributed by atoms with Gasteiger partial charge in [-0.05, 0) is 0 Å². The maximum absolute atomic E-state index is 8.36. The summed E-state index contributed by atoms with van der Waals surface area (Å²) in [5.74, 6) is 0. The van der Waals surface area contributed by atoms with E-state index in [1.165, 1.54) is 38.5 Å². The normalized spacial score (nSPS) is 15.6. The Morgan fingerprint density at radius 3 is 1.00 bits per heavy atom. The average molecular weight is 221 g/mol. The van der Waals surface area contributed by atoms with Gasteiger partial charge in [-0.15, -0.1) is 0 Å². The van der Waals surface area contributed by atoms with E-state index < -0.39 is 0 Å². The molecular formula is C7H14O2Zr. The maximum atomic E-state index is 8.36. The smallest absolute Gasteiger partial charge is 0.290 e. The van der Waals surface area contributed by atoms with Crippen molar-refractivity contribution < 1.29 is 36.1 Å². The van der Waals surface area contributed by atoms with E-state index in [0.29, 0.717) is 0 Å². The SMILES string of the molecule is C1CC1.C1CC1.O=CO.[Zr]. The Kier molecular flexibility index (Phi) is 15.7. The molecule has 2 saturated carbocycles. The van der Waals surface area contributed by atoms with Crippen molar-refractivity contribution in [3.05, 3.63) is 0 Å². The number of rotatable bonds is 0. The van der Waals surface area contributed by atoms with Gasteiger partial charge in [0.2, 0.25) is 0 Å². The molecule has 0 saturated heterocycles. The van der Waals surface area contributed by atoms with E-state index in [1.54, 1.807) is 0 Å². The molecule has 2 fully saturated rings. The Morgan fingerprint density at radius 1 is 0.900 bits per heavy atom. The Balaban J connectivity index is 0. The van der Waals surface area contributed by atoms with Crippen LogP contribution in [0.1, 0.15) is 38.5 Å². The molecule has 10 heavy (non-hydrogen) atoms. The number of carboxylic acid groups (broad SMARTS) is 1. The summed E-state index contributed by atoms with van der Waals surface area (Å²) in [5.41, 5.74) is 0. The summed E-state index contributed by atoms with van der Waals surface area (Å²) in [5, 5.41) is 6.89. The van der Waals surface area contributed by atoms with Crippen LogP contribution in [0.25, 0.3) is 0 Å². The van der Waals surface area contributed by atoms with Crippen LogP contribution in [0.5, 0.6) is 0 Å². The Bertz CT molecular complexity index is 51.1. The molecule has 0 unspecified atom stereocenters. The Hall–Kier alpha value is 0.353. The van der Waals surface area contributed by atoms with Crippen LogP contribution in [0.15, 0.2) is 0 Å². The summed E-state index contributed by atoms with van der Waals surface area (Å²) < 4.78 is 0. The molecule has 2 aliphatic rings. The molecule has 0 radical (unpaired) electrons. The van der Waals surface area contributed by atoms with Crippen molar-refractivity contribution in [1.82, 2.24) is 0 Å². The molecule has 3 heteroatoms. The first-order chi connectivity index (χ1) is 4.41. The molecule has 0 aromatic heterocycles. The Morgan fingerprint density at radius 2 is 1.00 bits per heavy atom. The molecule has 0 aromatic rings. The Labute approximate surface area is 81.1 Å². The monoisotopic (exact) mass is 220 g/mol. The van der Waals surface area contributed by atoms with E-state index in [0.717, 1.165) is 0 Å². The van der Waals surface area contributed by atoms with Crippen molar-refractivity contribution >= 4 is 6.47 Å². The van der Waals surface area contributed by atoms with E-state index in [1.807, 2.05) is 0 Å². The fourth-order valence-corrected chi connectivity index (χ4v) is 0. The molecule has 0 heterocycles. The molecule has 0 aliphatic heterocycles. The third-order valence-corrected chi connectivity index (χ3v) is 0.707. The van der Waals surface area contributed by atoms with Gasteiger partial charge in [-0.3, -0.25) is 4.79 Å². The van der Waals surface area contributed by atoms with Crippen LogP contribution in [-0.4, -0.2) is 11.6 Å². The van der Waals surface area contributed by atoms with E-state index in [-0.39, 0.29) is 32.7 Å². The first-order valence-electron chi connectivity index (χ1n) is 3.49. The van der Waals surface area contributed by atoms with Crippen LogP contribution in [0.4, 0.5) is 0 Å². The van der Waals surface area contributed by atoms with Gasteiger partial charge in [0.05, 0.1) is 0 Å². The second kappa shape index (κ2) is 12.1. The number of hydrogen-bond donors (Lipinski definition) is 1. The van der Waals surface area contributed by atoms with Gasteiger partial charge in [0, 0.05) is 26.2 Å². The van der Waals surface area contributed by atoms with Crippen LogP contribution < -0.4 is 0 Å². The van der Waals surface area contributed by atoms with Gasteiger partial charge in [-0.25, -0.2) is 0 Å². The molecule has 1 N–H and O–H groups in total. The zero-order valence-corrected chi connectivity index (χ0v) is 8.63. The van der Waals surface area contributed by atoms with Crippen molar-refractivity contribution in [2.24, 2.45) is 0 Å². The van der Waals surface area contributed by atoms with Crippen molar-refractivity contribution in [1.29, 1.82) is 0 Å². The molecule has 0 spiro atoms. The van der Waals surface area contributed by atoms with Crippen LogP contribution >= 0.6 is 0 Å². The molecule has 2 nitrogen and oxygen atoms in total. The minimum atomic E-state index is -0.250. The quantitative estimate of drug-likeness (QED) is 0.636. The molecule has 2 aliphatic carbocycles. The van der Waals surface area contributed by atoms with Crippen molar-refractivity contribution in [2.45, 2.75) is 38.5 Å². The first kappa shape index (κ1) is 13.0. The number of carbonyl (C=O) groups is 1. The molecular weight excluding hydrogens is 207 g/mol. The minimum Gasteiger partial charge on any atom is -0.483 e. The summed E-state index contributed by atoms with van der Waals surface area (Å²) in [6.07, 6.45) is 9.00. The average Bonchev–Trinajstić information content (AvgIpc) is 2.66. The van der Waals surface area contributed by atoms with Gasteiger partial charge in [0.25, 0.3) is 6.47 Å².